The summed E-state index contributed by atoms with van der Waals surface area (Å²) in [7, 11) is 0.747. The Morgan fingerprint density at radius 1 is 1.40 bits per heavy atom. The fourth-order valence-corrected chi connectivity index (χ4v) is 5.45. The summed E-state index contributed by atoms with van der Waals surface area (Å²) in [6.07, 6.45) is 15.0. The standard InChI is InChI=1S/C10H21N2P3/c1-13-10-7-6-8-11(10)9-12(14(2)3)15(4)5/h10H,1-2,4,6-9H2,3,5H3/q+2. The zero-order valence-corrected chi connectivity index (χ0v) is 12.4. The number of hydrogen-bond donors (Lipinski definition) is 0. The molecule has 5 heteroatoms. The van der Waals surface area contributed by atoms with Crippen molar-refractivity contribution in [1.82, 2.24) is 9.34 Å². The van der Waals surface area contributed by atoms with Crippen LogP contribution in [0.2, 0.25) is 0 Å². The molecule has 0 bridgehead atoms. The first-order valence-corrected chi connectivity index (χ1v) is 10.1. The summed E-state index contributed by atoms with van der Waals surface area (Å²) in [6, 6.07) is 0. The first-order valence-electron chi connectivity index (χ1n) is 5.12. The lowest BCUT2D eigenvalue weighted by atomic mass is 10.4. The molecule has 0 aliphatic carbocycles. The van der Waals surface area contributed by atoms with E-state index in [2.05, 4.69) is 41.6 Å². The van der Waals surface area contributed by atoms with Crippen LogP contribution < -0.4 is 0 Å². The van der Waals surface area contributed by atoms with Crippen LogP contribution in [0, 0.1) is 0 Å². The van der Waals surface area contributed by atoms with E-state index in [1.165, 1.54) is 27.6 Å². The molecule has 1 saturated heterocycles. The Kier molecular flexibility index (Phi) is 5.61. The lowest BCUT2D eigenvalue weighted by molar-refractivity contribution is 0.277. The Morgan fingerprint density at radius 3 is 2.47 bits per heavy atom. The Labute approximate surface area is 97.3 Å². The van der Waals surface area contributed by atoms with Crippen LogP contribution in [0.4, 0.5) is 0 Å². The molecule has 0 radical (unpaired) electrons. The van der Waals surface area contributed by atoms with E-state index in [1.807, 2.05) is 0 Å². The van der Waals surface area contributed by atoms with E-state index in [0.29, 0.717) is 5.78 Å². The maximum absolute atomic E-state index is 4.18. The van der Waals surface area contributed by atoms with Gasteiger partial charge in [-0.05, 0) is 12.8 Å². The fraction of sp³-hybridized carbons (Fsp3) is 0.700. The quantitative estimate of drug-likeness (QED) is 0.703. The third kappa shape index (κ3) is 3.74. The molecule has 0 aromatic rings. The summed E-state index contributed by atoms with van der Waals surface area (Å²) < 4.78 is 2.47. The molecule has 0 aromatic heterocycles. The third-order valence-electron chi connectivity index (χ3n) is 2.64. The normalized spacial score (nSPS) is 24.9. The van der Waals surface area contributed by atoms with Gasteiger partial charge in [0.15, 0.2) is 0 Å². The van der Waals surface area contributed by atoms with Gasteiger partial charge in [-0.2, -0.15) is 0 Å². The van der Waals surface area contributed by atoms with Gasteiger partial charge in [-0.1, -0.05) is 14.5 Å². The van der Waals surface area contributed by atoms with Gasteiger partial charge in [0.1, 0.15) is 20.0 Å². The van der Waals surface area contributed by atoms with Crippen molar-refractivity contribution in [3.8, 4) is 0 Å². The molecule has 0 aromatic carbocycles. The van der Waals surface area contributed by atoms with E-state index < -0.39 is 0 Å². The molecule has 3 atom stereocenters. The van der Waals surface area contributed by atoms with Gasteiger partial charge >= 0.3 is 0 Å². The van der Waals surface area contributed by atoms with Gasteiger partial charge in [0.05, 0.1) is 22.8 Å². The van der Waals surface area contributed by atoms with Gasteiger partial charge in [-0.15, -0.1) is 0 Å². The zero-order chi connectivity index (χ0) is 11.4. The van der Waals surface area contributed by atoms with E-state index >= 15 is 0 Å². The Hall–Kier alpha value is 0.430. The van der Waals surface area contributed by atoms with Gasteiger partial charge in [0.25, 0.3) is 0 Å². The van der Waals surface area contributed by atoms with Crippen molar-refractivity contribution in [2.75, 3.05) is 26.5 Å². The van der Waals surface area contributed by atoms with Gasteiger partial charge < -0.3 is 0 Å². The molecule has 15 heavy (non-hydrogen) atoms. The fourth-order valence-electron chi connectivity index (χ4n) is 1.82. The van der Waals surface area contributed by atoms with Crippen LogP contribution in [-0.4, -0.2) is 60.6 Å². The first kappa shape index (κ1) is 13.5. The predicted molar refractivity (Wildman–Crippen MR) is 80.4 cm³/mol. The van der Waals surface area contributed by atoms with E-state index in [4.69, 9.17) is 0 Å². The molecule has 0 N–H and O–H groups in total. The van der Waals surface area contributed by atoms with Gasteiger partial charge in [0.2, 0.25) is 15.4 Å². The molecule has 3 unspecified atom stereocenters. The summed E-state index contributed by atoms with van der Waals surface area (Å²) in [5.74, 6) is 0.664. The second kappa shape index (κ2) is 6.24. The summed E-state index contributed by atoms with van der Waals surface area (Å²) >= 11 is 0. The molecule has 84 valence electrons. The Balaban J connectivity index is 2.61. The minimum Gasteiger partial charge on any atom is -0.273 e. The van der Waals surface area contributed by atoms with Crippen LogP contribution in [0.25, 0.3) is 0 Å². The maximum atomic E-state index is 4.18. The van der Waals surface area contributed by atoms with Crippen LogP contribution in [0.15, 0.2) is 0 Å². The summed E-state index contributed by atoms with van der Waals surface area (Å²) in [5, 5.41) is 0. The third-order valence-corrected chi connectivity index (χ3v) is 7.30. The predicted octanol–water partition coefficient (Wildman–Crippen LogP) is 2.96. The van der Waals surface area contributed by atoms with Crippen molar-refractivity contribution in [2.45, 2.75) is 18.6 Å². The average Bonchev–Trinajstić information content (AvgIpc) is 2.59. The molecule has 0 spiro atoms. The van der Waals surface area contributed by atoms with Crippen molar-refractivity contribution in [3.63, 3.8) is 0 Å². The highest BCUT2D eigenvalue weighted by atomic mass is 31.2. The van der Waals surface area contributed by atoms with Gasteiger partial charge in [0, 0.05) is 6.54 Å². The van der Waals surface area contributed by atoms with Crippen LogP contribution >= 0.6 is 23.6 Å². The molecular formula is C10H21N2P3+2. The number of hydrogen-bond acceptors (Lipinski definition) is 2. The van der Waals surface area contributed by atoms with Crippen LogP contribution in [-0.2, 0) is 0 Å². The molecule has 1 aliphatic rings. The molecule has 0 amide bonds. The molecule has 0 saturated carbocycles. The minimum atomic E-state index is -0.259. The zero-order valence-electron chi connectivity index (χ0n) is 9.76. The molecule has 1 rings (SSSR count). The molecule has 1 aliphatic heterocycles. The van der Waals surface area contributed by atoms with Crippen LogP contribution in [0.1, 0.15) is 12.8 Å². The molecule has 1 heterocycles. The van der Waals surface area contributed by atoms with Crippen LogP contribution in [0.5, 0.6) is 0 Å². The van der Waals surface area contributed by atoms with E-state index in [0.717, 1.165) is 6.67 Å². The second-order valence-corrected chi connectivity index (χ2v) is 8.82. The lowest BCUT2D eigenvalue weighted by Crippen LogP contribution is -2.32. The van der Waals surface area contributed by atoms with E-state index in [-0.39, 0.29) is 15.4 Å². The first-order chi connectivity index (χ1) is 7.06. The van der Waals surface area contributed by atoms with E-state index in [9.17, 15) is 0 Å². The largest absolute Gasteiger partial charge is 0.273 e. The van der Waals surface area contributed by atoms with Crippen molar-refractivity contribution >= 4 is 42.5 Å². The van der Waals surface area contributed by atoms with E-state index in [1.54, 1.807) is 0 Å². The topological polar surface area (TPSA) is 6.48 Å². The van der Waals surface area contributed by atoms with Gasteiger partial charge in [-0.25, -0.2) is 0 Å². The Bertz CT molecular complexity index is 264. The Morgan fingerprint density at radius 2 is 2.00 bits per heavy atom. The highest BCUT2D eigenvalue weighted by Crippen LogP contribution is 2.39. The smallest absolute Gasteiger partial charge is 0.219 e. The highest BCUT2D eigenvalue weighted by molar-refractivity contribution is 7.67. The summed E-state index contributed by atoms with van der Waals surface area (Å²) in [5.41, 5.74) is 0. The van der Waals surface area contributed by atoms with Crippen molar-refractivity contribution in [2.24, 2.45) is 0 Å². The minimum absolute atomic E-state index is 0.259. The summed E-state index contributed by atoms with van der Waals surface area (Å²) in [6.45, 7) is 6.69. The van der Waals surface area contributed by atoms with Crippen molar-refractivity contribution in [1.29, 1.82) is 0 Å². The maximum Gasteiger partial charge on any atom is 0.219 e. The lowest BCUT2D eigenvalue weighted by Gasteiger charge is -2.21. The number of rotatable bonds is 5. The molecular weight excluding hydrogens is 241 g/mol. The van der Waals surface area contributed by atoms with Crippen molar-refractivity contribution < 1.29 is 0 Å². The number of likely N-dealkylation sites (tertiary alicyclic amines) is 1. The monoisotopic (exact) mass is 262 g/mol. The SMILES string of the molecule is C=PC1CCCN1CN([P+](=C)C)[P+](=C)C. The summed E-state index contributed by atoms with van der Waals surface area (Å²) in [4.78, 5) is 2.54. The number of nitrogens with zero attached hydrogens (tertiary/aromatic N) is 2. The molecule has 2 nitrogen and oxygen atoms in total. The van der Waals surface area contributed by atoms with Gasteiger partial charge in [-0.3, -0.25) is 4.90 Å². The second-order valence-electron chi connectivity index (χ2n) is 3.95. The highest BCUT2D eigenvalue weighted by Gasteiger charge is 2.32. The van der Waals surface area contributed by atoms with Crippen molar-refractivity contribution in [3.05, 3.63) is 0 Å². The molecule has 1 fully saturated rings. The average molecular weight is 262 g/mol. The van der Waals surface area contributed by atoms with Crippen LogP contribution in [0.3, 0.4) is 0 Å².